The third-order valence-corrected chi connectivity index (χ3v) is 6.43. The van der Waals surface area contributed by atoms with Gasteiger partial charge in [-0.15, -0.1) is 0 Å². The first-order chi connectivity index (χ1) is 6.50. The molecule has 0 fully saturated rings. The number of hydrogen-bond acceptors (Lipinski definition) is 0. The van der Waals surface area contributed by atoms with Gasteiger partial charge in [-0.1, -0.05) is 0 Å². The molecule has 0 aromatic heterocycles. The minimum atomic E-state index is -1.11. The quantitative estimate of drug-likeness (QED) is 0.654. The molecule has 1 aliphatic rings. The molecule has 71 valence electrons. The maximum atomic E-state index is 2.46. The van der Waals surface area contributed by atoms with Gasteiger partial charge in [0.2, 0.25) is 0 Å². The van der Waals surface area contributed by atoms with Crippen LogP contribution in [-0.2, 0) is 19.7 Å². The summed E-state index contributed by atoms with van der Waals surface area (Å²) in [5, 5.41) is 0. The second kappa shape index (κ2) is 3.48. The van der Waals surface area contributed by atoms with E-state index >= 15 is 0 Å². The molecule has 0 amide bonds. The van der Waals surface area contributed by atoms with Gasteiger partial charge in [0.15, 0.2) is 0 Å². The Kier molecular flexibility index (Phi) is 2.59. The minimum absolute atomic E-state index is 0.735. The molecule has 1 aliphatic carbocycles. The molecule has 14 heavy (non-hydrogen) atoms. The second-order valence-electron chi connectivity index (χ2n) is 4.67. The van der Waals surface area contributed by atoms with Crippen molar-refractivity contribution in [2.24, 2.45) is 0 Å². The van der Waals surface area contributed by atoms with Crippen LogP contribution in [0.2, 0.25) is 13.1 Å². The van der Waals surface area contributed by atoms with Crippen molar-refractivity contribution in [3.63, 3.8) is 0 Å². The van der Waals surface area contributed by atoms with Crippen LogP contribution in [0.25, 0.3) is 6.08 Å². The molecule has 1 atom stereocenters. The fraction of sp³-hybridized carbons (Fsp3) is 0.333. The number of fused-ring (bicyclic) bond motifs is 1. The van der Waals surface area contributed by atoms with Gasteiger partial charge in [-0.2, -0.15) is 0 Å². The second-order valence-corrected chi connectivity index (χ2v) is 14.7. The summed E-state index contributed by atoms with van der Waals surface area (Å²) in [6.07, 6.45) is 2.36. The van der Waals surface area contributed by atoms with Gasteiger partial charge in [-0.05, 0) is 0 Å². The van der Waals surface area contributed by atoms with Crippen molar-refractivity contribution >= 4 is 12.0 Å². The summed E-state index contributed by atoms with van der Waals surface area (Å²) in [6.45, 7) is 7.19. The Bertz CT molecular complexity index is 388. The molecule has 1 aromatic carbocycles. The van der Waals surface area contributed by atoms with E-state index in [4.69, 9.17) is 0 Å². The molecule has 1 aromatic rings. The first kappa shape index (κ1) is 10.4. The van der Waals surface area contributed by atoms with Crippen LogP contribution in [0.15, 0.2) is 29.8 Å². The van der Waals surface area contributed by atoms with Gasteiger partial charge in [0.25, 0.3) is 0 Å². The van der Waals surface area contributed by atoms with Crippen molar-refractivity contribution in [1.29, 1.82) is 0 Å². The average Bonchev–Trinajstić information content (AvgIpc) is 2.38. The van der Waals surface area contributed by atoms with E-state index in [1.807, 2.05) is 0 Å². The molecule has 0 spiro atoms. The summed E-state index contributed by atoms with van der Waals surface area (Å²) < 4.78 is 0. The van der Waals surface area contributed by atoms with E-state index in [1.54, 1.807) is 11.1 Å². The Labute approximate surface area is 98.0 Å². The fourth-order valence-corrected chi connectivity index (χ4v) is 6.49. The molecule has 0 N–H and O–H groups in total. The molecule has 0 bridgehead atoms. The summed E-state index contributed by atoms with van der Waals surface area (Å²) in [7, 11) is 0. The first-order valence-corrected chi connectivity index (χ1v) is 10.4. The van der Waals surface area contributed by atoms with Gasteiger partial charge < -0.3 is 0 Å². The third kappa shape index (κ3) is 1.69. The summed E-state index contributed by atoms with van der Waals surface area (Å²) in [5.74, 6) is -1.11. The molecular weight excluding hydrogens is 220 g/mol. The predicted molar refractivity (Wildman–Crippen MR) is 60.3 cm³/mol. The maximum absolute atomic E-state index is 2.46. The van der Waals surface area contributed by atoms with E-state index in [9.17, 15) is 0 Å². The molecule has 1 unspecified atom stereocenters. The van der Waals surface area contributed by atoms with Gasteiger partial charge >= 0.3 is 98.2 Å². The van der Waals surface area contributed by atoms with E-state index in [2.05, 4.69) is 70.0 Å². The molecule has 2 rings (SSSR count). The van der Waals surface area contributed by atoms with Crippen molar-refractivity contribution in [2.75, 3.05) is 0 Å². The van der Waals surface area contributed by atoms with Gasteiger partial charge in [0, 0.05) is 0 Å². The first-order valence-electron chi connectivity index (χ1n) is 5.02. The van der Waals surface area contributed by atoms with Crippen LogP contribution >= 0.6 is 0 Å². The van der Waals surface area contributed by atoms with E-state index < -0.39 is 5.94 Å². The summed E-state index contributed by atoms with van der Waals surface area (Å²) in [5.41, 5.74) is 5.30. The number of hydrogen-bond donors (Lipinski definition) is 0. The Balaban J connectivity index is 2.52. The van der Waals surface area contributed by atoms with Crippen molar-refractivity contribution in [3.8, 4) is 0 Å². The Morgan fingerprint density at radius 3 is 2.50 bits per heavy atom. The van der Waals surface area contributed by atoms with Crippen molar-refractivity contribution < 1.29 is 19.7 Å². The number of rotatable bonds is 1. The molecule has 0 heterocycles. The molecule has 0 radical (unpaired) electrons. The average molecular weight is 235 g/mol. The van der Waals surface area contributed by atoms with Gasteiger partial charge in [-0.25, -0.2) is 0 Å². The monoisotopic (exact) mass is 235 g/mol. The van der Waals surface area contributed by atoms with Crippen LogP contribution < -0.4 is 0 Å². The summed E-state index contributed by atoms with van der Waals surface area (Å²) in [4.78, 5) is 0. The molecule has 0 aliphatic heterocycles. The molecular formula is C12H15SiTi. The van der Waals surface area contributed by atoms with Crippen molar-refractivity contribution in [2.45, 2.75) is 25.6 Å². The van der Waals surface area contributed by atoms with Crippen LogP contribution in [0, 0.1) is 0 Å². The van der Waals surface area contributed by atoms with Gasteiger partial charge in [0.1, 0.15) is 0 Å². The predicted octanol–water partition coefficient (Wildman–Crippen LogP) is 3.48. The van der Waals surface area contributed by atoms with Crippen LogP contribution in [-0.4, -0.2) is 5.94 Å². The Morgan fingerprint density at radius 1 is 1.21 bits per heavy atom. The Morgan fingerprint density at radius 2 is 1.86 bits per heavy atom. The number of benzene rings is 1. The van der Waals surface area contributed by atoms with E-state index in [0.717, 1.165) is 5.54 Å². The summed E-state index contributed by atoms with van der Waals surface area (Å²) >= 11 is 2.46. The van der Waals surface area contributed by atoms with Gasteiger partial charge in [-0.3, -0.25) is 0 Å². The number of allylic oxidation sites excluding steroid dienone is 1. The zero-order valence-electron chi connectivity index (χ0n) is 8.96. The molecule has 0 saturated carbocycles. The fourth-order valence-electron chi connectivity index (χ4n) is 2.44. The van der Waals surface area contributed by atoms with E-state index in [0.29, 0.717) is 0 Å². The normalized spacial score (nSPS) is 20.4. The summed E-state index contributed by atoms with van der Waals surface area (Å²) in [6, 6.07) is 8.83. The topological polar surface area (TPSA) is 0 Å². The van der Waals surface area contributed by atoms with Crippen LogP contribution in [0.4, 0.5) is 0 Å². The van der Waals surface area contributed by atoms with Crippen molar-refractivity contribution in [1.82, 2.24) is 0 Å². The van der Waals surface area contributed by atoms with Crippen molar-refractivity contribution in [3.05, 3.63) is 41.0 Å². The zero-order chi connectivity index (χ0) is 10.3. The van der Waals surface area contributed by atoms with Crippen LogP contribution in [0.5, 0.6) is 0 Å². The molecule has 2 heteroatoms. The van der Waals surface area contributed by atoms with Gasteiger partial charge in [0.05, 0.1) is 0 Å². The zero-order valence-corrected chi connectivity index (χ0v) is 11.5. The van der Waals surface area contributed by atoms with Crippen LogP contribution in [0.1, 0.15) is 23.6 Å². The third-order valence-electron chi connectivity index (χ3n) is 2.87. The Hall–Kier alpha value is -0.109. The molecule has 0 saturated heterocycles. The van der Waals surface area contributed by atoms with Crippen LogP contribution in [0.3, 0.4) is 0 Å². The SMILES string of the molecule is CC1=Cc2ccccc2C1[Si](C)(C)[Ti]. The molecule has 0 nitrogen and oxygen atoms in total. The van der Waals surface area contributed by atoms with E-state index in [-0.39, 0.29) is 0 Å². The van der Waals surface area contributed by atoms with E-state index in [1.165, 1.54) is 5.56 Å². The standard InChI is InChI=1S/C12H15Si.Ti/c1-9-8-10-6-4-5-7-11(10)12(9)13(2)3;/h4-8,12H,1-3H3;.